The van der Waals surface area contributed by atoms with Gasteiger partial charge < -0.3 is 10.4 Å². The third-order valence-corrected chi connectivity index (χ3v) is 4.84. The van der Waals surface area contributed by atoms with E-state index in [1.54, 1.807) is 0 Å². The summed E-state index contributed by atoms with van der Waals surface area (Å²) in [4.78, 5) is 2.43. The van der Waals surface area contributed by atoms with Crippen molar-refractivity contribution in [2.24, 2.45) is 0 Å². The Kier molecular flexibility index (Phi) is 5.91. The molecule has 2 N–H and O–H groups in total. The number of hydrogen-bond acceptors (Lipinski definition) is 3. The summed E-state index contributed by atoms with van der Waals surface area (Å²) in [5, 5.41) is 13.7. The second-order valence-corrected chi connectivity index (χ2v) is 7.06. The van der Waals surface area contributed by atoms with Crippen molar-refractivity contribution in [2.45, 2.75) is 12.5 Å². The molecule has 1 heterocycles. The molecule has 3 nitrogen and oxygen atoms in total. The van der Waals surface area contributed by atoms with Gasteiger partial charge in [0.15, 0.2) is 0 Å². The van der Waals surface area contributed by atoms with Crippen molar-refractivity contribution in [2.75, 3.05) is 26.2 Å². The number of phenols is 1. The first-order valence-corrected chi connectivity index (χ1v) is 8.52. The average molecular weight is 484 g/mol. The van der Waals surface area contributed by atoms with E-state index in [2.05, 4.69) is 68.0 Å². The lowest BCUT2D eigenvalue weighted by molar-refractivity contribution is 0.172. The highest BCUT2D eigenvalue weighted by Gasteiger charge is 2.24. The van der Waals surface area contributed by atoms with Gasteiger partial charge in [-0.25, -0.2) is 0 Å². The molecule has 1 aromatic carbocycles. The Morgan fingerprint density at radius 3 is 2.68 bits per heavy atom. The number of phenolic OH excluding ortho intramolecular Hbond substituents is 1. The van der Waals surface area contributed by atoms with E-state index in [9.17, 15) is 5.11 Å². The van der Waals surface area contributed by atoms with Crippen LogP contribution in [-0.4, -0.2) is 36.2 Å². The number of piperazine rings is 1. The van der Waals surface area contributed by atoms with Crippen molar-refractivity contribution >= 4 is 45.2 Å². The van der Waals surface area contributed by atoms with Crippen molar-refractivity contribution in [3.8, 4) is 5.75 Å². The third kappa shape index (κ3) is 3.83. The topological polar surface area (TPSA) is 35.5 Å². The summed E-state index contributed by atoms with van der Waals surface area (Å²) < 4.78 is 2.09. The zero-order valence-corrected chi connectivity index (χ0v) is 15.0. The number of aromatic hydroxyl groups is 1. The Labute approximate surface area is 141 Å². The first-order chi connectivity index (χ1) is 9.13. The molecular formula is C14H18I2N2O. The molecule has 0 aliphatic carbocycles. The number of nitrogens with one attached hydrogen (secondary N) is 1. The highest BCUT2D eigenvalue weighted by atomic mass is 127. The van der Waals surface area contributed by atoms with Gasteiger partial charge in [0.05, 0.1) is 3.57 Å². The van der Waals surface area contributed by atoms with E-state index < -0.39 is 0 Å². The molecule has 1 fully saturated rings. The fraction of sp³-hybridized carbons (Fsp3) is 0.429. The molecule has 0 spiro atoms. The van der Waals surface area contributed by atoms with Crippen LogP contribution in [-0.2, 0) is 0 Å². The Morgan fingerprint density at radius 1 is 1.37 bits per heavy atom. The summed E-state index contributed by atoms with van der Waals surface area (Å²) in [5.41, 5.74) is 1.03. The Morgan fingerprint density at radius 2 is 2.05 bits per heavy atom. The first kappa shape index (κ1) is 15.5. The molecule has 1 atom stereocenters. The van der Waals surface area contributed by atoms with Gasteiger partial charge in [0.25, 0.3) is 0 Å². The van der Waals surface area contributed by atoms with Crippen LogP contribution in [0.1, 0.15) is 18.0 Å². The fourth-order valence-electron chi connectivity index (χ4n) is 2.46. The van der Waals surface area contributed by atoms with Crippen molar-refractivity contribution in [3.05, 3.63) is 37.5 Å². The van der Waals surface area contributed by atoms with Gasteiger partial charge in [-0.15, -0.1) is 6.58 Å². The van der Waals surface area contributed by atoms with Crippen LogP contribution < -0.4 is 5.32 Å². The summed E-state index contributed by atoms with van der Waals surface area (Å²) in [6.07, 6.45) is 2.81. The Balaban J connectivity index is 2.34. The molecule has 19 heavy (non-hydrogen) atoms. The lowest BCUT2D eigenvalue weighted by Gasteiger charge is -2.35. The lowest BCUT2D eigenvalue weighted by Crippen LogP contribution is -2.45. The van der Waals surface area contributed by atoms with E-state index in [1.165, 1.54) is 3.57 Å². The second kappa shape index (κ2) is 7.24. The van der Waals surface area contributed by atoms with Gasteiger partial charge >= 0.3 is 0 Å². The maximum Gasteiger partial charge on any atom is 0.133 e. The van der Waals surface area contributed by atoms with Crippen molar-refractivity contribution in [3.63, 3.8) is 0 Å². The fourth-order valence-corrected chi connectivity index (χ4v) is 4.35. The van der Waals surface area contributed by atoms with Gasteiger partial charge in [0.2, 0.25) is 0 Å². The van der Waals surface area contributed by atoms with Crippen molar-refractivity contribution in [1.82, 2.24) is 10.2 Å². The number of hydrogen-bond donors (Lipinski definition) is 2. The van der Waals surface area contributed by atoms with Crippen molar-refractivity contribution in [1.29, 1.82) is 0 Å². The summed E-state index contributed by atoms with van der Waals surface area (Å²) >= 11 is 4.50. The van der Waals surface area contributed by atoms with Crippen LogP contribution in [0.3, 0.4) is 0 Å². The maximum absolute atomic E-state index is 10.4. The van der Waals surface area contributed by atoms with E-state index >= 15 is 0 Å². The van der Waals surface area contributed by atoms with E-state index in [0.717, 1.165) is 41.7 Å². The Bertz CT molecular complexity index is 459. The minimum Gasteiger partial charge on any atom is -0.506 e. The molecule has 0 amide bonds. The first-order valence-electron chi connectivity index (χ1n) is 6.37. The number of rotatable bonds is 4. The van der Waals surface area contributed by atoms with Gasteiger partial charge in [0, 0.05) is 41.4 Å². The standard InChI is InChI=1S/C14H18I2N2O/c1-2-3-13(18-6-4-17-5-7-18)11-8-10(15)9-12(16)14(11)19/h2,8-9,13,17,19H,1,3-7H2/t13-/m1/s1. The average Bonchev–Trinajstić information content (AvgIpc) is 2.41. The molecule has 0 unspecified atom stereocenters. The number of nitrogens with zero attached hydrogens (tertiary/aromatic N) is 1. The number of benzene rings is 1. The lowest BCUT2D eigenvalue weighted by atomic mass is 10.00. The molecule has 1 aliphatic heterocycles. The maximum atomic E-state index is 10.4. The molecular weight excluding hydrogens is 466 g/mol. The van der Waals surface area contributed by atoms with Crippen molar-refractivity contribution < 1.29 is 5.11 Å². The highest BCUT2D eigenvalue weighted by Crippen LogP contribution is 2.36. The Hall–Kier alpha value is 0.140. The largest absolute Gasteiger partial charge is 0.506 e. The number of halogens is 2. The summed E-state index contributed by atoms with van der Waals surface area (Å²) in [6.45, 7) is 7.91. The van der Waals surface area contributed by atoms with Crippen LogP contribution in [0.15, 0.2) is 24.8 Å². The second-order valence-electron chi connectivity index (χ2n) is 4.65. The van der Waals surface area contributed by atoms with E-state index in [1.807, 2.05) is 12.1 Å². The molecule has 2 rings (SSSR count). The molecule has 1 aromatic rings. The van der Waals surface area contributed by atoms with Crippen LogP contribution in [0, 0.1) is 7.14 Å². The summed E-state index contributed by atoms with van der Waals surface area (Å²) in [7, 11) is 0. The third-order valence-electron chi connectivity index (χ3n) is 3.40. The molecule has 0 radical (unpaired) electrons. The molecule has 0 aromatic heterocycles. The molecule has 1 saturated heterocycles. The monoisotopic (exact) mass is 484 g/mol. The molecule has 0 saturated carbocycles. The van der Waals surface area contributed by atoms with E-state index in [-0.39, 0.29) is 6.04 Å². The molecule has 1 aliphatic rings. The minimum absolute atomic E-state index is 0.225. The van der Waals surface area contributed by atoms with Crippen LogP contribution in [0.5, 0.6) is 5.75 Å². The van der Waals surface area contributed by atoms with Crippen LogP contribution in [0.2, 0.25) is 0 Å². The highest BCUT2D eigenvalue weighted by molar-refractivity contribution is 14.1. The van der Waals surface area contributed by atoms with Crippen LogP contribution in [0.4, 0.5) is 0 Å². The van der Waals surface area contributed by atoms with Gasteiger partial charge in [-0.1, -0.05) is 6.08 Å². The van der Waals surface area contributed by atoms with Gasteiger partial charge in [-0.2, -0.15) is 0 Å². The predicted octanol–water partition coefficient (Wildman–Crippen LogP) is 3.12. The molecule has 0 bridgehead atoms. The normalized spacial score (nSPS) is 18.2. The summed E-state index contributed by atoms with van der Waals surface area (Å²) in [5.74, 6) is 0.423. The molecule has 5 heteroatoms. The zero-order chi connectivity index (χ0) is 13.8. The SMILES string of the molecule is C=CC[C@H](c1cc(I)cc(I)c1O)N1CCNCC1. The van der Waals surface area contributed by atoms with Gasteiger partial charge in [-0.3, -0.25) is 4.90 Å². The van der Waals surface area contributed by atoms with E-state index in [4.69, 9.17) is 0 Å². The van der Waals surface area contributed by atoms with Gasteiger partial charge in [0.1, 0.15) is 5.75 Å². The van der Waals surface area contributed by atoms with E-state index in [0.29, 0.717) is 5.75 Å². The van der Waals surface area contributed by atoms with Crippen LogP contribution >= 0.6 is 45.2 Å². The van der Waals surface area contributed by atoms with Gasteiger partial charge in [-0.05, 0) is 63.7 Å². The zero-order valence-electron chi connectivity index (χ0n) is 10.7. The predicted molar refractivity (Wildman–Crippen MR) is 95.5 cm³/mol. The molecule has 104 valence electrons. The van der Waals surface area contributed by atoms with Crippen LogP contribution in [0.25, 0.3) is 0 Å². The quantitative estimate of drug-likeness (QED) is 0.510. The minimum atomic E-state index is 0.225. The smallest absolute Gasteiger partial charge is 0.133 e. The summed E-state index contributed by atoms with van der Waals surface area (Å²) in [6, 6.07) is 4.32.